The first-order chi connectivity index (χ1) is 9.54. The van der Waals surface area contributed by atoms with Gasteiger partial charge in [-0.2, -0.15) is 8.78 Å². The fraction of sp³-hybridized carbons (Fsp3) is 0.357. The lowest BCUT2D eigenvalue weighted by Crippen LogP contribution is -2.21. The Balaban J connectivity index is 2.11. The molecule has 1 N–H and O–H groups in total. The predicted octanol–water partition coefficient (Wildman–Crippen LogP) is 3.91. The lowest BCUT2D eigenvalue weighted by atomic mass is 10.2. The number of ether oxygens (including phenoxy) is 1. The molecule has 0 saturated heterocycles. The fourth-order valence-corrected chi connectivity index (χ4v) is 2.40. The summed E-state index contributed by atoms with van der Waals surface area (Å²) in [4.78, 5) is 4.49. The van der Waals surface area contributed by atoms with Crippen molar-refractivity contribution in [3.05, 3.63) is 34.7 Å². The first-order valence-electron chi connectivity index (χ1n) is 6.27. The molecule has 0 atom stereocenters. The van der Waals surface area contributed by atoms with Gasteiger partial charge < -0.3 is 10.1 Å². The van der Waals surface area contributed by atoms with Crippen LogP contribution in [-0.4, -0.2) is 17.6 Å². The SMILES string of the molecule is CC(C)NCc1nc(-c2cccc(OC(F)F)c2)cs1. The maximum atomic E-state index is 12.2. The maximum Gasteiger partial charge on any atom is 0.387 e. The molecule has 0 amide bonds. The van der Waals surface area contributed by atoms with Gasteiger partial charge in [-0.05, 0) is 12.1 Å². The topological polar surface area (TPSA) is 34.2 Å². The Morgan fingerprint density at radius 3 is 2.85 bits per heavy atom. The summed E-state index contributed by atoms with van der Waals surface area (Å²) >= 11 is 1.54. The molecule has 0 unspecified atom stereocenters. The molecular formula is C14H16F2N2OS. The summed E-state index contributed by atoms with van der Waals surface area (Å²) in [5.41, 5.74) is 1.55. The molecule has 2 aromatic rings. The zero-order chi connectivity index (χ0) is 14.5. The number of halogens is 2. The Hall–Kier alpha value is -1.53. The molecule has 0 aliphatic rings. The van der Waals surface area contributed by atoms with E-state index < -0.39 is 6.61 Å². The van der Waals surface area contributed by atoms with E-state index in [0.29, 0.717) is 12.6 Å². The minimum atomic E-state index is -2.81. The predicted molar refractivity (Wildman–Crippen MR) is 76.2 cm³/mol. The van der Waals surface area contributed by atoms with Crippen molar-refractivity contribution in [2.24, 2.45) is 0 Å². The third-order valence-corrected chi connectivity index (χ3v) is 3.42. The zero-order valence-electron chi connectivity index (χ0n) is 11.3. The normalized spacial score (nSPS) is 11.3. The van der Waals surface area contributed by atoms with Gasteiger partial charge in [-0.1, -0.05) is 26.0 Å². The molecular weight excluding hydrogens is 282 g/mol. The first kappa shape index (κ1) is 14.9. The molecule has 1 aromatic carbocycles. The highest BCUT2D eigenvalue weighted by Gasteiger charge is 2.08. The minimum Gasteiger partial charge on any atom is -0.435 e. The van der Waals surface area contributed by atoms with Gasteiger partial charge in [0.25, 0.3) is 0 Å². The summed E-state index contributed by atoms with van der Waals surface area (Å²) in [5.74, 6) is 0.146. The van der Waals surface area contributed by atoms with Gasteiger partial charge in [0, 0.05) is 23.5 Å². The summed E-state index contributed by atoms with van der Waals surface area (Å²) in [5, 5.41) is 6.17. The van der Waals surface area contributed by atoms with Crippen LogP contribution in [0.3, 0.4) is 0 Å². The minimum absolute atomic E-state index is 0.146. The van der Waals surface area contributed by atoms with Crippen LogP contribution in [0.2, 0.25) is 0 Å². The van der Waals surface area contributed by atoms with Crippen molar-refractivity contribution in [3.63, 3.8) is 0 Å². The Kier molecular flexibility index (Phi) is 5.03. The van der Waals surface area contributed by atoms with Crippen LogP contribution in [0.25, 0.3) is 11.3 Å². The van der Waals surface area contributed by atoms with Crippen molar-refractivity contribution in [3.8, 4) is 17.0 Å². The highest BCUT2D eigenvalue weighted by atomic mass is 32.1. The molecule has 0 saturated carbocycles. The van der Waals surface area contributed by atoms with Crippen molar-refractivity contribution in [2.75, 3.05) is 0 Å². The number of nitrogens with zero attached hydrogens (tertiary/aromatic N) is 1. The van der Waals surface area contributed by atoms with Gasteiger partial charge in [0.05, 0.1) is 5.69 Å². The average molecular weight is 298 g/mol. The Bertz CT molecular complexity index is 558. The number of thiazole rings is 1. The van der Waals surface area contributed by atoms with E-state index in [9.17, 15) is 8.78 Å². The monoisotopic (exact) mass is 298 g/mol. The second kappa shape index (κ2) is 6.76. The van der Waals surface area contributed by atoms with Crippen LogP contribution in [0.15, 0.2) is 29.6 Å². The highest BCUT2D eigenvalue weighted by molar-refractivity contribution is 7.09. The summed E-state index contributed by atoms with van der Waals surface area (Å²) < 4.78 is 28.8. The van der Waals surface area contributed by atoms with Gasteiger partial charge in [0.2, 0.25) is 0 Å². The van der Waals surface area contributed by atoms with Crippen LogP contribution in [0.4, 0.5) is 8.78 Å². The quantitative estimate of drug-likeness (QED) is 0.878. The molecule has 0 fully saturated rings. The van der Waals surface area contributed by atoms with Crippen molar-refractivity contribution in [2.45, 2.75) is 33.0 Å². The number of nitrogens with one attached hydrogen (secondary N) is 1. The first-order valence-corrected chi connectivity index (χ1v) is 7.15. The molecule has 0 aliphatic heterocycles. The number of hydrogen-bond acceptors (Lipinski definition) is 4. The molecule has 108 valence electrons. The number of aromatic nitrogens is 1. The van der Waals surface area contributed by atoms with Crippen molar-refractivity contribution in [1.82, 2.24) is 10.3 Å². The molecule has 0 spiro atoms. The van der Waals surface area contributed by atoms with E-state index in [0.717, 1.165) is 16.3 Å². The van der Waals surface area contributed by atoms with Gasteiger partial charge in [-0.15, -0.1) is 11.3 Å². The molecule has 0 radical (unpaired) electrons. The average Bonchev–Trinajstić information content (AvgIpc) is 2.84. The van der Waals surface area contributed by atoms with Crippen LogP contribution in [0, 0.1) is 0 Å². The molecule has 2 rings (SSSR count). The Morgan fingerprint density at radius 1 is 1.35 bits per heavy atom. The lowest BCUT2D eigenvalue weighted by Gasteiger charge is -2.06. The standard InChI is InChI=1S/C14H16F2N2OS/c1-9(2)17-7-13-18-12(8-20-13)10-4-3-5-11(6-10)19-14(15)16/h3-6,8-9,14,17H,7H2,1-2H3. The number of alkyl halides is 2. The summed E-state index contributed by atoms with van der Waals surface area (Å²) in [6, 6.07) is 6.97. The van der Waals surface area contributed by atoms with E-state index in [2.05, 4.69) is 28.9 Å². The number of benzene rings is 1. The second-order valence-corrected chi connectivity index (χ2v) is 5.51. The van der Waals surface area contributed by atoms with Crippen LogP contribution >= 0.6 is 11.3 Å². The number of rotatable bonds is 6. The lowest BCUT2D eigenvalue weighted by molar-refractivity contribution is -0.0498. The largest absolute Gasteiger partial charge is 0.435 e. The third kappa shape index (κ3) is 4.25. The fourth-order valence-electron chi connectivity index (χ4n) is 1.65. The van der Waals surface area contributed by atoms with Gasteiger partial charge in [-0.25, -0.2) is 4.98 Å². The Labute approximate surface area is 120 Å². The Morgan fingerprint density at radius 2 is 2.15 bits per heavy atom. The molecule has 0 bridgehead atoms. The van der Waals surface area contributed by atoms with E-state index in [1.54, 1.807) is 23.5 Å². The molecule has 0 aliphatic carbocycles. The van der Waals surface area contributed by atoms with E-state index in [1.807, 2.05) is 11.4 Å². The number of hydrogen-bond donors (Lipinski definition) is 1. The van der Waals surface area contributed by atoms with E-state index >= 15 is 0 Å². The van der Waals surface area contributed by atoms with Crippen LogP contribution in [0.1, 0.15) is 18.9 Å². The van der Waals surface area contributed by atoms with Crippen LogP contribution in [0.5, 0.6) is 5.75 Å². The zero-order valence-corrected chi connectivity index (χ0v) is 12.1. The molecule has 3 nitrogen and oxygen atoms in total. The summed E-state index contributed by atoms with van der Waals surface area (Å²) in [6.07, 6.45) is 0. The van der Waals surface area contributed by atoms with Crippen molar-refractivity contribution < 1.29 is 13.5 Å². The van der Waals surface area contributed by atoms with Gasteiger partial charge in [0.15, 0.2) is 0 Å². The molecule has 1 heterocycles. The smallest absolute Gasteiger partial charge is 0.387 e. The molecule has 20 heavy (non-hydrogen) atoms. The van der Waals surface area contributed by atoms with E-state index in [-0.39, 0.29) is 5.75 Å². The van der Waals surface area contributed by atoms with Crippen molar-refractivity contribution >= 4 is 11.3 Å². The van der Waals surface area contributed by atoms with Crippen LogP contribution in [-0.2, 0) is 6.54 Å². The van der Waals surface area contributed by atoms with Gasteiger partial charge in [-0.3, -0.25) is 0 Å². The highest BCUT2D eigenvalue weighted by Crippen LogP contribution is 2.26. The summed E-state index contributed by atoms with van der Waals surface area (Å²) in [6.45, 7) is 2.03. The maximum absolute atomic E-state index is 12.2. The van der Waals surface area contributed by atoms with Gasteiger partial charge in [0.1, 0.15) is 10.8 Å². The second-order valence-electron chi connectivity index (χ2n) is 4.57. The van der Waals surface area contributed by atoms with Gasteiger partial charge >= 0.3 is 6.61 Å². The van der Waals surface area contributed by atoms with Crippen molar-refractivity contribution in [1.29, 1.82) is 0 Å². The molecule has 1 aromatic heterocycles. The summed E-state index contributed by atoms with van der Waals surface area (Å²) in [7, 11) is 0. The third-order valence-electron chi connectivity index (χ3n) is 2.57. The van der Waals surface area contributed by atoms with E-state index in [4.69, 9.17) is 0 Å². The molecule has 6 heteroatoms. The van der Waals surface area contributed by atoms with E-state index in [1.165, 1.54) is 6.07 Å². The van der Waals surface area contributed by atoms with Crippen LogP contribution < -0.4 is 10.1 Å².